The molecule has 2 aromatic rings. The molecule has 2 fully saturated rings. The van der Waals surface area contributed by atoms with Gasteiger partial charge in [-0.15, -0.1) is 0 Å². The summed E-state index contributed by atoms with van der Waals surface area (Å²) < 4.78 is 2.29. The molecule has 5 heterocycles. The molecule has 2 aromatic heterocycles. The Hall–Kier alpha value is -2.22. The van der Waals surface area contributed by atoms with Crippen molar-refractivity contribution >= 4 is 22.9 Å². The minimum absolute atomic E-state index is 0.0912. The van der Waals surface area contributed by atoms with E-state index in [0.717, 1.165) is 74.8 Å². The van der Waals surface area contributed by atoms with Gasteiger partial charge in [0.1, 0.15) is 12.2 Å². The van der Waals surface area contributed by atoms with Crippen molar-refractivity contribution in [3.63, 3.8) is 0 Å². The first-order chi connectivity index (χ1) is 16.1. The molecule has 1 N–H and O–H groups in total. The lowest BCUT2D eigenvalue weighted by Gasteiger charge is -2.39. The number of fused-ring (bicyclic) bond motifs is 3. The Kier molecular flexibility index (Phi) is 6.81. The summed E-state index contributed by atoms with van der Waals surface area (Å²) in [6.07, 6.45) is 11.9. The molecular formula is C25H39N7O. The molecule has 0 unspecified atom stereocenters. The van der Waals surface area contributed by atoms with Gasteiger partial charge in [0.15, 0.2) is 17.0 Å². The fourth-order valence-corrected chi connectivity index (χ4v) is 6.08. The minimum Gasteiger partial charge on any atom is -0.355 e. The molecule has 0 radical (unpaired) electrons. The molecule has 33 heavy (non-hydrogen) atoms. The lowest BCUT2D eigenvalue weighted by atomic mass is 9.95. The fraction of sp³-hybridized carbons (Fsp3) is 0.760. The van der Waals surface area contributed by atoms with Gasteiger partial charge in [-0.05, 0) is 52.4 Å². The van der Waals surface area contributed by atoms with Crippen LogP contribution >= 0.6 is 0 Å². The molecule has 0 spiro atoms. The first-order valence-corrected chi connectivity index (χ1v) is 13.1. The maximum absolute atomic E-state index is 12.8. The largest absolute Gasteiger partial charge is 0.355 e. The van der Waals surface area contributed by atoms with E-state index in [-0.39, 0.29) is 11.8 Å². The quantitative estimate of drug-likeness (QED) is 0.749. The molecule has 2 saturated heterocycles. The summed E-state index contributed by atoms with van der Waals surface area (Å²) in [6.45, 7) is 9.01. The van der Waals surface area contributed by atoms with Crippen molar-refractivity contribution in [1.82, 2.24) is 29.7 Å². The normalized spacial score (nSPS) is 25.1. The predicted octanol–water partition coefficient (Wildman–Crippen LogP) is 3.15. The van der Waals surface area contributed by atoms with Crippen LogP contribution in [0.5, 0.6) is 0 Å². The van der Waals surface area contributed by atoms with Crippen molar-refractivity contribution in [3.05, 3.63) is 12.2 Å². The number of rotatable bonds is 5. The molecule has 0 aliphatic carbocycles. The summed E-state index contributed by atoms with van der Waals surface area (Å²) in [7, 11) is 0. The Balaban J connectivity index is 1.17. The third-order valence-corrected chi connectivity index (χ3v) is 8.08. The Morgan fingerprint density at radius 3 is 2.58 bits per heavy atom. The van der Waals surface area contributed by atoms with Crippen LogP contribution < -0.4 is 10.2 Å². The number of nitrogens with one attached hydrogen (secondary N) is 1. The van der Waals surface area contributed by atoms with Crippen LogP contribution in [0.4, 0.5) is 5.82 Å². The third kappa shape index (κ3) is 4.72. The summed E-state index contributed by atoms with van der Waals surface area (Å²) in [5.74, 6) is 2.39. The number of imidazole rings is 1. The molecule has 3 aliphatic heterocycles. The van der Waals surface area contributed by atoms with Gasteiger partial charge in [0, 0.05) is 57.1 Å². The molecule has 5 rings (SSSR count). The number of hydrogen-bond donors (Lipinski definition) is 1. The smallest absolute Gasteiger partial charge is 0.223 e. The Morgan fingerprint density at radius 1 is 1.00 bits per heavy atom. The molecule has 2 atom stereocenters. The molecule has 3 aliphatic rings. The van der Waals surface area contributed by atoms with Gasteiger partial charge in [0.05, 0.1) is 0 Å². The number of piperidine rings is 2. The number of likely N-dealkylation sites (tertiary alicyclic amines) is 1. The van der Waals surface area contributed by atoms with Gasteiger partial charge >= 0.3 is 0 Å². The lowest BCUT2D eigenvalue weighted by Crippen LogP contribution is -2.48. The lowest BCUT2D eigenvalue weighted by molar-refractivity contribution is -0.125. The number of nitrogens with zero attached hydrogens (tertiary/aromatic N) is 6. The zero-order chi connectivity index (χ0) is 22.8. The van der Waals surface area contributed by atoms with E-state index in [1.54, 1.807) is 6.33 Å². The molecule has 8 heteroatoms. The van der Waals surface area contributed by atoms with Crippen molar-refractivity contribution in [1.29, 1.82) is 0 Å². The third-order valence-electron chi connectivity index (χ3n) is 8.08. The number of aryl methyl sites for hydroxylation is 2. The van der Waals surface area contributed by atoms with Gasteiger partial charge in [-0.1, -0.05) is 12.8 Å². The number of anilines is 1. The average molecular weight is 454 g/mol. The summed E-state index contributed by atoms with van der Waals surface area (Å²) >= 11 is 0. The van der Waals surface area contributed by atoms with E-state index in [9.17, 15) is 4.79 Å². The average Bonchev–Trinajstić information content (AvgIpc) is 3.02. The van der Waals surface area contributed by atoms with Gasteiger partial charge in [-0.25, -0.2) is 15.0 Å². The second-order valence-electron chi connectivity index (χ2n) is 10.3. The van der Waals surface area contributed by atoms with E-state index >= 15 is 0 Å². The van der Waals surface area contributed by atoms with E-state index in [2.05, 4.69) is 43.5 Å². The highest BCUT2D eigenvalue weighted by Gasteiger charge is 2.29. The fourth-order valence-electron chi connectivity index (χ4n) is 6.08. The number of amides is 1. The van der Waals surface area contributed by atoms with Gasteiger partial charge in [-0.2, -0.15) is 0 Å². The molecule has 0 aromatic carbocycles. The zero-order valence-electron chi connectivity index (χ0n) is 20.3. The maximum Gasteiger partial charge on any atom is 0.223 e. The van der Waals surface area contributed by atoms with Crippen LogP contribution in [0, 0.1) is 5.92 Å². The Bertz CT molecular complexity index is 955. The van der Waals surface area contributed by atoms with Gasteiger partial charge in [0.2, 0.25) is 5.91 Å². The number of carbonyl (C=O) groups excluding carboxylic acids is 1. The Labute approximate surface area is 197 Å². The number of aromatic nitrogens is 4. The molecule has 0 bridgehead atoms. The van der Waals surface area contributed by atoms with E-state index in [0.29, 0.717) is 12.1 Å². The van der Waals surface area contributed by atoms with E-state index < -0.39 is 0 Å². The molecule has 180 valence electrons. The molecule has 0 saturated carbocycles. The zero-order valence-corrected chi connectivity index (χ0v) is 20.3. The minimum atomic E-state index is 0.0912. The Morgan fingerprint density at radius 2 is 1.79 bits per heavy atom. The van der Waals surface area contributed by atoms with Crippen LogP contribution in [-0.2, 0) is 17.8 Å². The summed E-state index contributed by atoms with van der Waals surface area (Å²) in [5, 5.41) is 3.22. The first-order valence-electron chi connectivity index (χ1n) is 13.1. The maximum atomic E-state index is 12.8. The molecule has 8 nitrogen and oxygen atoms in total. The molecular weight excluding hydrogens is 414 g/mol. The van der Waals surface area contributed by atoms with Crippen LogP contribution in [0.25, 0.3) is 11.2 Å². The van der Waals surface area contributed by atoms with Crippen LogP contribution in [0.3, 0.4) is 0 Å². The number of hydrogen-bond acceptors (Lipinski definition) is 6. The summed E-state index contributed by atoms with van der Waals surface area (Å²) in [6, 6.07) is 1.24. The second kappa shape index (κ2) is 9.95. The predicted molar refractivity (Wildman–Crippen MR) is 130 cm³/mol. The van der Waals surface area contributed by atoms with Crippen LogP contribution in [0.15, 0.2) is 6.33 Å². The van der Waals surface area contributed by atoms with Crippen LogP contribution in [0.1, 0.15) is 71.0 Å². The van der Waals surface area contributed by atoms with Crippen molar-refractivity contribution in [2.75, 3.05) is 31.1 Å². The van der Waals surface area contributed by atoms with E-state index in [1.165, 1.54) is 38.5 Å². The highest BCUT2D eigenvalue weighted by molar-refractivity contribution is 5.84. The van der Waals surface area contributed by atoms with Crippen molar-refractivity contribution < 1.29 is 4.79 Å². The SMILES string of the molecule is C[C@H]1CCC[C@H](C)N1CCNC(=O)C1CCN(c2ncnc3c2nc2n3CCCCC2)CC1. The van der Waals surface area contributed by atoms with Crippen molar-refractivity contribution in [2.24, 2.45) is 5.92 Å². The summed E-state index contributed by atoms with van der Waals surface area (Å²) in [5.41, 5.74) is 1.90. The molecule has 1 amide bonds. The van der Waals surface area contributed by atoms with E-state index in [1.807, 2.05) is 0 Å². The van der Waals surface area contributed by atoms with Crippen molar-refractivity contribution in [3.8, 4) is 0 Å². The van der Waals surface area contributed by atoms with Gasteiger partial charge < -0.3 is 14.8 Å². The number of carbonyl (C=O) groups is 1. The standard InChI is InChI=1S/C25H39N7O/c1-18-7-6-8-19(2)31(18)16-12-26-25(33)20-10-14-30(15-11-20)23-22-24(28-17-27-23)32-13-5-3-4-9-21(32)29-22/h17-20H,3-16H2,1-2H3,(H,26,33)/t18-,19-/m0/s1. The highest BCUT2D eigenvalue weighted by atomic mass is 16.1. The van der Waals surface area contributed by atoms with Crippen molar-refractivity contribution in [2.45, 2.75) is 90.3 Å². The second-order valence-corrected chi connectivity index (χ2v) is 10.3. The topological polar surface area (TPSA) is 79.2 Å². The highest BCUT2D eigenvalue weighted by Crippen LogP contribution is 2.29. The van der Waals surface area contributed by atoms with E-state index in [4.69, 9.17) is 4.98 Å². The monoisotopic (exact) mass is 453 g/mol. The van der Waals surface area contributed by atoms with Gasteiger partial charge in [0.25, 0.3) is 0 Å². The van der Waals surface area contributed by atoms with Gasteiger partial charge in [-0.3, -0.25) is 9.69 Å². The first kappa shape index (κ1) is 22.6. The summed E-state index contributed by atoms with van der Waals surface area (Å²) in [4.78, 5) is 31.8. The van der Waals surface area contributed by atoms with Crippen LogP contribution in [0.2, 0.25) is 0 Å². The van der Waals surface area contributed by atoms with Crippen LogP contribution in [-0.4, -0.2) is 68.6 Å².